The van der Waals surface area contributed by atoms with Gasteiger partial charge in [-0.05, 0) is 25.3 Å². The van der Waals surface area contributed by atoms with Crippen LogP contribution in [0.3, 0.4) is 0 Å². The molecule has 1 saturated carbocycles. The summed E-state index contributed by atoms with van der Waals surface area (Å²) in [5, 5.41) is 12.7. The molecule has 1 saturated heterocycles. The summed E-state index contributed by atoms with van der Waals surface area (Å²) >= 11 is 0. The number of hydrogen-bond donors (Lipinski definition) is 2. The van der Waals surface area contributed by atoms with Crippen molar-refractivity contribution in [2.75, 3.05) is 13.1 Å². The first-order valence-electron chi connectivity index (χ1n) is 3.76. The molecule has 0 amide bonds. The van der Waals surface area contributed by atoms with Crippen LogP contribution >= 0.6 is 0 Å². The molecule has 2 fully saturated rings. The third-order valence-electron chi connectivity index (χ3n) is 2.72. The van der Waals surface area contributed by atoms with Gasteiger partial charge in [-0.15, -0.1) is 0 Å². The molecule has 0 bridgehead atoms. The SMILES string of the molecule is O[C@H]1CC[C@H]2CNC[C@H]21. The second kappa shape index (κ2) is 1.96. The minimum absolute atomic E-state index is 0.00463. The van der Waals surface area contributed by atoms with Crippen molar-refractivity contribution < 1.29 is 5.11 Å². The van der Waals surface area contributed by atoms with Gasteiger partial charge in [0.1, 0.15) is 0 Å². The fraction of sp³-hybridized carbons (Fsp3) is 1.00. The second-order valence-electron chi connectivity index (χ2n) is 3.23. The molecule has 2 aliphatic rings. The van der Waals surface area contributed by atoms with E-state index in [9.17, 15) is 5.11 Å². The Labute approximate surface area is 55.3 Å². The maximum Gasteiger partial charge on any atom is 0.0583 e. The van der Waals surface area contributed by atoms with E-state index >= 15 is 0 Å². The number of hydrogen-bond acceptors (Lipinski definition) is 2. The zero-order valence-corrected chi connectivity index (χ0v) is 5.51. The Bertz CT molecular complexity index is 115. The van der Waals surface area contributed by atoms with Crippen LogP contribution < -0.4 is 5.32 Å². The van der Waals surface area contributed by atoms with Crippen LogP contribution in [-0.4, -0.2) is 24.3 Å². The van der Waals surface area contributed by atoms with Crippen LogP contribution in [0, 0.1) is 11.8 Å². The summed E-state index contributed by atoms with van der Waals surface area (Å²) in [6.45, 7) is 2.19. The Hall–Kier alpha value is -0.0800. The summed E-state index contributed by atoms with van der Waals surface area (Å²) < 4.78 is 0. The van der Waals surface area contributed by atoms with Crippen molar-refractivity contribution in [2.24, 2.45) is 11.8 Å². The molecule has 2 heteroatoms. The van der Waals surface area contributed by atoms with Crippen LogP contribution in [-0.2, 0) is 0 Å². The molecule has 0 unspecified atom stereocenters. The van der Waals surface area contributed by atoms with Gasteiger partial charge >= 0.3 is 0 Å². The van der Waals surface area contributed by atoms with E-state index in [-0.39, 0.29) is 6.10 Å². The first kappa shape index (κ1) is 5.69. The monoisotopic (exact) mass is 127 g/mol. The highest BCUT2D eigenvalue weighted by Crippen LogP contribution is 2.33. The highest BCUT2D eigenvalue weighted by Gasteiger charge is 2.37. The third kappa shape index (κ3) is 0.775. The molecule has 0 aromatic carbocycles. The Morgan fingerprint density at radius 1 is 1.22 bits per heavy atom. The summed E-state index contributed by atoms with van der Waals surface area (Å²) in [4.78, 5) is 0. The average Bonchev–Trinajstić information content (AvgIpc) is 2.35. The molecule has 1 aliphatic carbocycles. The number of aliphatic hydroxyl groups excluding tert-OH is 1. The number of nitrogens with one attached hydrogen (secondary N) is 1. The molecule has 2 rings (SSSR count). The molecule has 1 heterocycles. The van der Waals surface area contributed by atoms with Crippen LogP contribution in [0.25, 0.3) is 0 Å². The van der Waals surface area contributed by atoms with Gasteiger partial charge in [0, 0.05) is 12.5 Å². The van der Waals surface area contributed by atoms with Crippen LogP contribution in [0.1, 0.15) is 12.8 Å². The van der Waals surface area contributed by atoms with E-state index in [1.54, 1.807) is 0 Å². The Kier molecular flexibility index (Phi) is 1.24. The minimum atomic E-state index is 0.00463. The normalized spacial score (nSPS) is 49.7. The smallest absolute Gasteiger partial charge is 0.0583 e. The van der Waals surface area contributed by atoms with Crippen LogP contribution in [0.4, 0.5) is 0 Å². The van der Waals surface area contributed by atoms with E-state index in [4.69, 9.17) is 0 Å². The van der Waals surface area contributed by atoms with Gasteiger partial charge in [-0.3, -0.25) is 0 Å². The molecule has 0 aromatic rings. The lowest BCUT2D eigenvalue weighted by Crippen LogP contribution is -2.19. The molecule has 52 valence electrons. The molecule has 2 N–H and O–H groups in total. The summed E-state index contributed by atoms with van der Waals surface area (Å²) in [5.74, 6) is 1.38. The van der Waals surface area contributed by atoms with Crippen molar-refractivity contribution in [3.63, 3.8) is 0 Å². The Morgan fingerprint density at radius 2 is 2.11 bits per heavy atom. The van der Waals surface area contributed by atoms with Gasteiger partial charge in [-0.2, -0.15) is 0 Å². The highest BCUT2D eigenvalue weighted by atomic mass is 16.3. The van der Waals surface area contributed by atoms with Gasteiger partial charge in [0.05, 0.1) is 6.10 Å². The topological polar surface area (TPSA) is 32.3 Å². The van der Waals surface area contributed by atoms with Gasteiger partial charge < -0.3 is 10.4 Å². The maximum atomic E-state index is 9.36. The summed E-state index contributed by atoms with van der Waals surface area (Å²) in [7, 11) is 0. The molecule has 0 spiro atoms. The summed E-state index contributed by atoms with van der Waals surface area (Å²) in [6.07, 6.45) is 2.28. The molecule has 1 aliphatic heterocycles. The van der Waals surface area contributed by atoms with Crippen LogP contribution in [0.2, 0.25) is 0 Å². The zero-order valence-electron chi connectivity index (χ0n) is 5.51. The van der Waals surface area contributed by atoms with Crippen molar-refractivity contribution >= 4 is 0 Å². The lowest BCUT2D eigenvalue weighted by Gasteiger charge is -2.09. The standard InChI is InChI=1S/C7H13NO/c9-7-2-1-5-3-8-4-6(5)7/h5-9H,1-4H2/t5-,6+,7-/m0/s1. The summed E-state index contributed by atoms with van der Waals surface area (Å²) in [5.41, 5.74) is 0. The van der Waals surface area contributed by atoms with E-state index in [2.05, 4.69) is 5.32 Å². The van der Waals surface area contributed by atoms with Gasteiger partial charge in [0.25, 0.3) is 0 Å². The largest absolute Gasteiger partial charge is 0.393 e. The molecule has 0 radical (unpaired) electrons. The third-order valence-corrected chi connectivity index (χ3v) is 2.72. The second-order valence-corrected chi connectivity index (χ2v) is 3.23. The Morgan fingerprint density at radius 3 is 2.89 bits per heavy atom. The number of fused-ring (bicyclic) bond motifs is 1. The Balaban J connectivity index is 2.07. The van der Waals surface area contributed by atoms with E-state index in [1.165, 1.54) is 6.42 Å². The fourth-order valence-electron chi connectivity index (χ4n) is 2.12. The van der Waals surface area contributed by atoms with E-state index < -0.39 is 0 Å². The van der Waals surface area contributed by atoms with Crippen LogP contribution in [0.5, 0.6) is 0 Å². The van der Waals surface area contributed by atoms with Crippen molar-refractivity contribution in [3.05, 3.63) is 0 Å². The molecule has 9 heavy (non-hydrogen) atoms. The number of rotatable bonds is 0. The number of aliphatic hydroxyl groups is 1. The highest BCUT2D eigenvalue weighted by molar-refractivity contribution is 4.91. The first-order chi connectivity index (χ1) is 4.38. The predicted molar refractivity (Wildman–Crippen MR) is 35.1 cm³/mol. The zero-order chi connectivity index (χ0) is 6.27. The van der Waals surface area contributed by atoms with Gasteiger partial charge in [0.15, 0.2) is 0 Å². The predicted octanol–water partition coefficient (Wildman–Crippen LogP) is -0.0233. The quantitative estimate of drug-likeness (QED) is 0.479. The van der Waals surface area contributed by atoms with Crippen molar-refractivity contribution in [2.45, 2.75) is 18.9 Å². The van der Waals surface area contributed by atoms with E-state index in [0.717, 1.165) is 25.4 Å². The van der Waals surface area contributed by atoms with E-state index in [0.29, 0.717) is 5.92 Å². The van der Waals surface area contributed by atoms with E-state index in [1.807, 2.05) is 0 Å². The van der Waals surface area contributed by atoms with Crippen molar-refractivity contribution in [3.8, 4) is 0 Å². The first-order valence-corrected chi connectivity index (χ1v) is 3.76. The summed E-state index contributed by atoms with van der Waals surface area (Å²) in [6, 6.07) is 0. The van der Waals surface area contributed by atoms with Crippen molar-refractivity contribution in [1.82, 2.24) is 5.32 Å². The van der Waals surface area contributed by atoms with Gasteiger partial charge in [-0.1, -0.05) is 0 Å². The molecule has 2 nitrogen and oxygen atoms in total. The van der Waals surface area contributed by atoms with Crippen LogP contribution in [0.15, 0.2) is 0 Å². The maximum absolute atomic E-state index is 9.36. The lowest BCUT2D eigenvalue weighted by molar-refractivity contribution is 0.133. The molecular weight excluding hydrogens is 114 g/mol. The minimum Gasteiger partial charge on any atom is -0.393 e. The molecular formula is C7H13NO. The average molecular weight is 127 g/mol. The fourth-order valence-corrected chi connectivity index (χ4v) is 2.12. The van der Waals surface area contributed by atoms with Gasteiger partial charge in [0.2, 0.25) is 0 Å². The molecule has 0 aromatic heterocycles. The lowest BCUT2D eigenvalue weighted by atomic mass is 10.00. The van der Waals surface area contributed by atoms with Gasteiger partial charge in [-0.25, -0.2) is 0 Å². The van der Waals surface area contributed by atoms with Crippen molar-refractivity contribution in [1.29, 1.82) is 0 Å². The molecule has 3 atom stereocenters.